The summed E-state index contributed by atoms with van der Waals surface area (Å²) in [6.45, 7) is 5.79. The third kappa shape index (κ3) is 4.86. The fourth-order valence-electron chi connectivity index (χ4n) is 3.06. The molecule has 0 aliphatic carbocycles. The van der Waals surface area contributed by atoms with E-state index in [-0.39, 0.29) is 0 Å². The van der Waals surface area contributed by atoms with E-state index >= 15 is 0 Å². The molecular formula is C16H26N6O2. The third-order valence-electron chi connectivity index (χ3n) is 4.28. The summed E-state index contributed by atoms with van der Waals surface area (Å²) >= 11 is 0. The van der Waals surface area contributed by atoms with Crippen LogP contribution in [0, 0.1) is 0 Å². The normalized spacial score (nSPS) is 20.3. The van der Waals surface area contributed by atoms with Crippen LogP contribution in [0.1, 0.15) is 31.5 Å². The standard InChI is InChI=1S/C16H26N6O2/c1-2-16-19-15(20-24-16)12-21-7-3-5-13(10-21)17-9-14(23)11-22-8-4-6-18-22/h4,6,8,13-14,17,23H,2-3,5,7,9-12H2,1H3/t13-,14-/m0/s1. The van der Waals surface area contributed by atoms with Gasteiger partial charge in [0.15, 0.2) is 5.82 Å². The van der Waals surface area contributed by atoms with Gasteiger partial charge in [-0.3, -0.25) is 9.58 Å². The second-order valence-electron chi connectivity index (χ2n) is 6.32. The summed E-state index contributed by atoms with van der Waals surface area (Å²) in [5.41, 5.74) is 0. The van der Waals surface area contributed by atoms with Crippen molar-refractivity contribution >= 4 is 0 Å². The average molecular weight is 334 g/mol. The lowest BCUT2D eigenvalue weighted by molar-refractivity contribution is 0.126. The van der Waals surface area contributed by atoms with Crippen molar-refractivity contribution in [2.75, 3.05) is 19.6 Å². The lowest BCUT2D eigenvalue weighted by Crippen LogP contribution is -2.47. The first-order valence-electron chi connectivity index (χ1n) is 8.65. The number of nitrogens with zero attached hydrogens (tertiary/aromatic N) is 5. The Balaban J connectivity index is 1.41. The molecule has 0 bridgehead atoms. The van der Waals surface area contributed by atoms with E-state index in [1.54, 1.807) is 10.9 Å². The molecule has 24 heavy (non-hydrogen) atoms. The molecule has 3 heterocycles. The summed E-state index contributed by atoms with van der Waals surface area (Å²) in [4.78, 5) is 6.71. The molecule has 8 heteroatoms. The fraction of sp³-hybridized carbons (Fsp3) is 0.688. The molecule has 0 amide bonds. The molecule has 0 spiro atoms. The van der Waals surface area contributed by atoms with Crippen LogP contribution in [0.25, 0.3) is 0 Å². The van der Waals surface area contributed by atoms with E-state index < -0.39 is 6.10 Å². The first kappa shape index (κ1) is 17.1. The van der Waals surface area contributed by atoms with Crippen LogP contribution in [-0.2, 0) is 19.5 Å². The summed E-state index contributed by atoms with van der Waals surface area (Å²) in [5, 5.41) is 21.7. The van der Waals surface area contributed by atoms with Gasteiger partial charge in [0.2, 0.25) is 5.89 Å². The molecule has 2 aromatic rings. The fourth-order valence-corrected chi connectivity index (χ4v) is 3.06. The van der Waals surface area contributed by atoms with Crippen molar-refractivity contribution in [3.63, 3.8) is 0 Å². The first-order chi connectivity index (χ1) is 11.7. The number of aryl methyl sites for hydroxylation is 1. The summed E-state index contributed by atoms with van der Waals surface area (Å²) in [6.07, 6.45) is 6.17. The molecule has 2 N–H and O–H groups in total. The predicted molar refractivity (Wildman–Crippen MR) is 88.2 cm³/mol. The highest BCUT2D eigenvalue weighted by Gasteiger charge is 2.21. The van der Waals surface area contributed by atoms with Crippen molar-refractivity contribution < 1.29 is 9.63 Å². The molecule has 0 aromatic carbocycles. The van der Waals surface area contributed by atoms with E-state index in [0.29, 0.717) is 25.0 Å². The number of hydrogen-bond donors (Lipinski definition) is 2. The molecule has 0 saturated carbocycles. The second-order valence-corrected chi connectivity index (χ2v) is 6.32. The molecule has 8 nitrogen and oxygen atoms in total. The summed E-state index contributed by atoms with van der Waals surface area (Å²) in [6, 6.07) is 2.24. The minimum absolute atomic E-state index is 0.378. The van der Waals surface area contributed by atoms with Crippen LogP contribution in [-0.4, -0.2) is 61.7 Å². The minimum Gasteiger partial charge on any atom is -0.390 e. The number of aromatic nitrogens is 4. The predicted octanol–water partition coefficient (Wildman–Crippen LogP) is 0.444. The van der Waals surface area contributed by atoms with E-state index in [9.17, 15) is 5.11 Å². The van der Waals surface area contributed by atoms with E-state index in [4.69, 9.17) is 4.52 Å². The van der Waals surface area contributed by atoms with E-state index in [2.05, 4.69) is 25.5 Å². The number of aliphatic hydroxyl groups excluding tert-OH is 1. The average Bonchev–Trinajstić information content (AvgIpc) is 3.25. The van der Waals surface area contributed by atoms with Crippen molar-refractivity contribution in [3.05, 3.63) is 30.2 Å². The van der Waals surface area contributed by atoms with E-state index in [0.717, 1.165) is 44.7 Å². The van der Waals surface area contributed by atoms with Crippen LogP contribution < -0.4 is 5.32 Å². The van der Waals surface area contributed by atoms with Gasteiger partial charge < -0.3 is 14.9 Å². The Morgan fingerprint density at radius 2 is 2.42 bits per heavy atom. The Morgan fingerprint density at radius 3 is 3.17 bits per heavy atom. The number of hydrogen-bond acceptors (Lipinski definition) is 7. The van der Waals surface area contributed by atoms with Gasteiger partial charge in [0.25, 0.3) is 0 Å². The van der Waals surface area contributed by atoms with Gasteiger partial charge in [0, 0.05) is 37.9 Å². The van der Waals surface area contributed by atoms with Gasteiger partial charge in [-0.15, -0.1) is 0 Å². The number of rotatable bonds is 8. The maximum Gasteiger partial charge on any atom is 0.226 e. The monoisotopic (exact) mass is 334 g/mol. The molecule has 132 valence electrons. The maximum atomic E-state index is 10.1. The van der Waals surface area contributed by atoms with Gasteiger partial charge in [-0.1, -0.05) is 12.1 Å². The molecule has 1 saturated heterocycles. The summed E-state index contributed by atoms with van der Waals surface area (Å²) < 4.78 is 6.92. The molecule has 1 aliphatic rings. The minimum atomic E-state index is -0.440. The Labute approximate surface area is 141 Å². The molecular weight excluding hydrogens is 308 g/mol. The highest BCUT2D eigenvalue weighted by atomic mass is 16.5. The van der Waals surface area contributed by atoms with Crippen LogP contribution >= 0.6 is 0 Å². The zero-order valence-electron chi connectivity index (χ0n) is 14.1. The van der Waals surface area contributed by atoms with Gasteiger partial charge in [0.05, 0.1) is 19.2 Å². The van der Waals surface area contributed by atoms with E-state index in [1.807, 2.05) is 19.2 Å². The molecule has 0 unspecified atom stereocenters. The van der Waals surface area contributed by atoms with Gasteiger partial charge in [-0.25, -0.2) is 0 Å². The zero-order chi connectivity index (χ0) is 16.8. The molecule has 2 aromatic heterocycles. The Morgan fingerprint density at radius 1 is 1.50 bits per heavy atom. The maximum absolute atomic E-state index is 10.1. The Hall–Kier alpha value is -1.77. The van der Waals surface area contributed by atoms with E-state index in [1.165, 1.54) is 0 Å². The Bertz CT molecular complexity index is 599. The molecule has 3 rings (SSSR count). The quantitative estimate of drug-likeness (QED) is 0.724. The number of likely N-dealkylation sites (tertiary alicyclic amines) is 1. The van der Waals surface area contributed by atoms with Gasteiger partial charge in [0.1, 0.15) is 0 Å². The molecule has 1 fully saturated rings. The van der Waals surface area contributed by atoms with Gasteiger partial charge in [-0.05, 0) is 25.5 Å². The number of nitrogens with one attached hydrogen (secondary N) is 1. The smallest absolute Gasteiger partial charge is 0.226 e. The highest BCUT2D eigenvalue weighted by molar-refractivity contribution is 4.88. The van der Waals surface area contributed by atoms with Gasteiger partial charge in [-0.2, -0.15) is 10.1 Å². The largest absolute Gasteiger partial charge is 0.390 e. The van der Waals surface area contributed by atoms with Gasteiger partial charge >= 0.3 is 0 Å². The van der Waals surface area contributed by atoms with Crippen molar-refractivity contribution in [2.24, 2.45) is 0 Å². The Kier molecular flexibility index (Phi) is 5.95. The van der Waals surface area contributed by atoms with Crippen molar-refractivity contribution in [2.45, 2.75) is 51.4 Å². The molecule has 2 atom stereocenters. The topological polar surface area (TPSA) is 92.2 Å². The lowest BCUT2D eigenvalue weighted by atomic mass is 10.1. The summed E-state index contributed by atoms with van der Waals surface area (Å²) in [7, 11) is 0. The third-order valence-corrected chi connectivity index (χ3v) is 4.28. The number of aliphatic hydroxyl groups is 1. The van der Waals surface area contributed by atoms with Crippen LogP contribution in [0.4, 0.5) is 0 Å². The molecule has 1 aliphatic heterocycles. The highest BCUT2D eigenvalue weighted by Crippen LogP contribution is 2.13. The second kappa shape index (κ2) is 8.36. The first-order valence-corrected chi connectivity index (χ1v) is 8.65. The zero-order valence-corrected chi connectivity index (χ0v) is 14.1. The van der Waals surface area contributed by atoms with Crippen LogP contribution in [0.15, 0.2) is 23.0 Å². The van der Waals surface area contributed by atoms with Crippen molar-refractivity contribution in [1.29, 1.82) is 0 Å². The van der Waals surface area contributed by atoms with Crippen LogP contribution in [0.3, 0.4) is 0 Å². The SMILES string of the molecule is CCc1nc(CN2CCC[C@H](NC[C@H](O)Cn3cccn3)C2)no1. The van der Waals surface area contributed by atoms with Crippen molar-refractivity contribution in [3.8, 4) is 0 Å². The lowest BCUT2D eigenvalue weighted by Gasteiger charge is -2.32. The number of piperidine rings is 1. The molecule has 0 radical (unpaired) electrons. The summed E-state index contributed by atoms with van der Waals surface area (Å²) in [5.74, 6) is 1.45. The van der Waals surface area contributed by atoms with Crippen LogP contribution in [0.2, 0.25) is 0 Å². The van der Waals surface area contributed by atoms with Crippen LogP contribution in [0.5, 0.6) is 0 Å². The van der Waals surface area contributed by atoms with Crippen molar-refractivity contribution in [1.82, 2.24) is 30.1 Å².